The summed E-state index contributed by atoms with van der Waals surface area (Å²) in [6.07, 6.45) is 8.34. The maximum atomic E-state index is 5.88. The molecule has 1 aromatic heterocycles. The zero-order valence-electron chi connectivity index (χ0n) is 9.97. The van der Waals surface area contributed by atoms with Crippen LogP contribution in [0.5, 0.6) is 0 Å². The van der Waals surface area contributed by atoms with Crippen LogP contribution in [0.2, 0.25) is 0 Å². The lowest BCUT2D eigenvalue weighted by atomic mass is 10.2. The standard InChI is InChI=1S/C12H19N5/c13-9-2-3-10(6-9)16-12-14-7-11(8-15-12)17-4-1-5-17/h7-10H,1-6,13H2,(H,14,15,16)/t9-,10-/m0/s1. The van der Waals surface area contributed by atoms with Gasteiger partial charge in [-0.15, -0.1) is 0 Å². The lowest BCUT2D eigenvalue weighted by Gasteiger charge is -2.32. The van der Waals surface area contributed by atoms with Crippen molar-refractivity contribution in [2.75, 3.05) is 23.3 Å². The largest absolute Gasteiger partial charge is 0.369 e. The van der Waals surface area contributed by atoms with E-state index in [1.54, 1.807) is 0 Å². The molecule has 1 saturated heterocycles. The quantitative estimate of drug-likeness (QED) is 0.814. The number of hydrogen-bond acceptors (Lipinski definition) is 5. The number of nitrogens with zero attached hydrogens (tertiary/aromatic N) is 3. The summed E-state index contributed by atoms with van der Waals surface area (Å²) in [6, 6.07) is 0.785. The molecule has 2 atom stereocenters. The van der Waals surface area contributed by atoms with E-state index in [0.717, 1.165) is 44.0 Å². The molecule has 0 bridgehead atoms. The van der Waals surface area contributed by atoms with Crippen LogP contribution in [0.4, 0.5) is 11.6 Å². The number of aromatic nitrogens is 2. The second kappa shape index (κ2) is 4.49. The fraction of sp³-hybridized carbons (Fsp3) is 0.667. The van der Waals surface area contributed by atoms with Crippen molar-refractivity contribution in [1.29, 1.82) is 0 Å². The van der Waals surface area contributed by atoms with E-state index in [2.05, 4.69) is 20.2 Å². The van der Waals surface area contributed by atoms with Crippen LogP contribution in [0, 0.1) is 0 Å². The molecule has 0 radical (unpaired) electrons. The van der Waals surface area contributed by atoms with Gasteiger partial charge in [-0.05, 0) is 25.7 Å². The highest BCUT2D eigenvalue weighted by Crippen LogP contribution is 2.22. The number of hydrogen-bond donors (Lipinski definition) is 2. The Morgan fingerprint density at radius 2 is 2.00 bits per heavy atom. The van der Waals surface area contributed by atoms with Crippen LogP contribution in [0.15, 0.2) is 12.4 Å². The third kappa shape index (κ3) is 2.34. The van der Waals surface area contributed by atoms with Gasteiger partial charge in [0.1, 0.15) is 0 Å². The molecule has 0 spiro atoms. The Morgan fingerprint density at radius 3 is 2.53 bits per heavy atom. The fourth-order valence-electron chi connectivity index (χ4n) is 2.46. The Bertz CT molecular complexity index is 373. The molecular weight excluding hydrogens is 214 g/mol. The molecule has 5 nitrogen and oxygen atoms in total. The molecule has 1 aliphatic heterocycles. The number of nitrogens with one attached hydrogen (secondary N) is 1. The highest BCUT2D eigenvalue weighted by molar-refractivity contribution is 5.46. The predicted octanol–water partition coefficient (Wildman–Crippen LogP) is 0.978. The van der Waals surface area contributed by atoms with E-state index in [1.165, 1.54) is 6.42 Å². The molecule has 92 valence electrons. The SMILES string of the molecule is N[C@H]1CC[C@H](Nc2ncc(N3CCC3)cn2)C1. The van der Waals surface area contributed by atoms with E-state index in [1.807, 2.05) is 12.4 Å². The Hall–Kier alpha value is -1.36. The minimum Gasteiger partial charge on any atom is -0.369 e. The van der Waals surface area contributed by atoms with Gasteiger partial charge in [0.2, 0.25) is 5.95 Å². The van der Waals surface area contributed by atoms with Gasteiger partial charge in [-0.3, -0.25) is 0 Å². The highest BCUT2D eigenvalue weighted by atomic mass is 15.2. The van der Waals surface area contributed by atoms with Crippen LogP contribution >= 0.6 is 0 Å². The Balaban J connectivity index is 1.60. The van der Waals surface area contributed by atoms with E-state index < -0.39 is 0 Å². The molecule has 3 rings (SSSR count). The van der Waals surface area contributed by atoms with Gasteiger partial charge < -0.3 is 16.0 Å². The van der Waals surface area contributed by atoms with Crippen molar-refractivity contribution in [3.05, 3.63) is 12.4 Å². The lowest BCUT2D eigenvalue weighted by Crippen LogP contribution is -2.37. The van der Waals surface area contributed by atoms with Crippen LogP contribution in [0.25, 0.3) is 0 Å². The maximum absolute atomic E-state index is 5.88. The summed E-state index contributed by atoms with van der Waals surface area (Å²) in [5, 5.41) is 3.35. The van der Waals surface area contributed by atoms with E-state index in [4.69, 9.17) is 5.73 Å². The average Bonchev–Trinajstić information content (AvgIpc) is 2.64. The van der Waals surface area contributed by atoms with Gasteiger partial charge >= 0.3 is 0 Å². The molecule has 1 aromatic rings. The summed E-state index contributed by atoms with van der Waals surface area (Å²) < 4.78 is 0. The lowest BCUT2D eigenvalue weighted by molar-refractivity contribution is 0.615. The first-order valence-corrected chi connectivity index (χ1v) is 6.40. The average molecular weight is 233 g/mol. The monoisotopic (exact) mass is 233 g/mol. The summed E-state index contributed by atoms with van der Waals surface area (Å²) in [5.74, 6) is 0.730. The summed E-state index contributed by atoms with van der Waals surface area (Å²) in [7, 11) is 0. The third-order valence-electron chi connectivity index (χ3n) is 3.67. The zero-order chi connectivity index (χ0) is 11.7. The molecule has 5 heteroatoms. The van der Waals surface area contributed by atoms with Gasteiger partial charge in [0, 0.05) is 25.2 Å². The molecule has 1 saturated carbocycles. The van der Waals surface area contributed by atoms with Crippen LogP contribution in [-0.2, 0) is 0 Å². The van der Waals surface area contributed by atoms with Gasteiger partial charge in [-0.2, -0.15) is 0 Å². The number of nitrogens with two attached hydrogens (primary N) is 1. The topological polar surface area (TPSA) is 67.1 Å². The van der Waals surface area contributed by atoms with Crippen molar-refractivity contribution in [1.82, 2.24) is 9.97 Å². The smallest absolute Gasteiger partial charge is 0.222 e. The van der Waals surface area contributed by atoms with E-state index in [9.17, 15) is 0 Å². The molecule has 0 amide bonds. The molecule has 17 heavy (non-hydrogen) atoms. The normalized spacial score (nSPS) is 27.9. The first-order chi connectivity index (χ1) is 8.31. The van der Waals surface area contributed by atoms with Gasteiger partial charge in [0.05, 0.1) is 18.1 Å². The fourth-order valence-corrected chi connectivity index (χ4v) is 2.46. The molecule has 2 fully saturated rings. The summed E-state index contributed by atoms with van der Waals surface area (Å²) in [6.45, 7) is 2.27. The van der Waals surface area contributed by atoms with Crippen molar-refractivity contribution in [2.24, 2.45) is 5.73 Å². The Labute approximate surface area is 101 Å². The summed E-state index contributed by atoms with van der Waals surface area (Å²) in [5.41, 5.74) is 7.01. The molecule has 3 N–H and O–H groups in total. The van der Waals surface area contributed by atoms with Crippen LogP contribution in [-0.4, -0.2) is 35.1 Å². The highest BCUT2D eigenvalue weighted by Gasteiger charge is 2.22. The minimum atomic E-state index is 0.341. The van der Waals surface area contributed by atoms with Crippen molar-refractivity contribution in [2.45, 2.75) is 37.8 Å². The predicted molar refractivity (Wildman–Crippen MR) is 68.1 cm³/mol. The van der Waals surface area contributed by atoms with E-state index in [0.29, 0.717) is 12.1 Å². The van der Waals surface area contributed by atoms with Gasteiger partial charge in [0.15, 0.2) is 0 Å². The van der Waals surface area contributed by atoms with Crippen molar-refractivity contribution < 1.29 is 0 Å². The van der Waals surface area contributed by atoms with Crippen molar-refractivity contribution in [3.8, 4) is 0 Å². The number of anilines is 2. The molecule has 2 aliphatic rings. The molecule has 2 heterocycles. The second-order valence-electron chi connectivity index (χ2n) is 5.02. The number of rotatable bonds is 3. The van der Waals surface area contributed by atoms with Crippen molar-refractivity contribution in [3.63, 3.8) is 0 Å². The second-order valence-corrected chi connectivity index (χ2v) is 5.02. The van der Waals surface area contributed by atoms with Gasteiger partial charge in [0.25, 0.3) is 0 Å². The van der Waals surface area contributed by atoms with E-state index >= 15 is 0 Å². The van der Waals surface area contributed by atoms with E-state index in [-0.39, 0.29) is 0 Å². The first kappa shape index (κ1) is 10.8. The van der Waals surface area contributed by atoms with Crippen LogP contribution in [0.3, 0.4) is 0 Å². The molecular formula is C12H19N5. The molecule has 1 aliphatic carbocycles. The maximum Gasteiger partial charge on any atom is 0.222 e. The van der Waals surface area contributed by atoms with Crippen molar-refractivity contribution >= 4 is 11.6 Å². The van der Waals surface area contributed by atoms with Gasteiger partial charge in [-0.1, -0.05) is 0 Å². The molecule has 0 aromatic carbocycles. The van der Waals surface area contributed by atoms with Crippen LogP contribution in [0.1, 0.15) is 25.7 Å². The first-order valence-electron chi connectivity index (χ1n) is 6.40. The molecule has 0 unspecified atom stereocenters. The summed E-state index contributed by atoms with van der Waals surface area (Å²) in [4.78, 5) is 11.0. The Kier molecular flexibility index (Phi) is 2.84. The third-order valence-corrected chi connectivity index (χ3v) is 3.67. The Morgan fingerprint density at radius 1 is 1.24 bits per heavy atom. The van der Waals surface area contributed by atoms with Crippen LogP contribution < -0.4 is 16.0 Å². The minimum absolute atomic E-state index is 0.341. The van der Waals surface area contributed by atoms with Gasteiger partial charge in [-0.25, -0.2) is 9.97 Å². The summed E-state index contributed by atoms with van der Waals surface area (Å²) >= 11 is 0. The zero-order valence-corrected chi connectivity index (χ0v) is 9.97.